The van der Waals surface area contributed by atoms with E-state index in [0.29, 0.717) is 25.3 Å². The Labute approximate surface area is 143 Å². The monoisotopic (exact) mass is 327 g/mol. The normalized spacial score (nSPS) is 11.2. The van der Waals surface area contributed by atoms with Gasteiger partial charge in [-0.1, -0.05) is 42.5 Å². The van der Waals surface area contributed by atoms with Gasteiger partial charge in [0.2, 0.25) is 0 Å². The molecule has 0 unspecified atom stereocenters. The van der Waals surface area contributed by atoms with Crippen LogP contribution in [0.25, 0.3) is 0 Å². The molecule has 0 aliphatic rings. The number of hydrogen-bond acceptors (Lipinski definition) is 3. The van der Waals surface area contributed by atoms with Crippen molar-refractivity contribution < 1.29 is 9.84 Å². The molecule has 0 heterocycles. The van der Waals surface area contributed by atoms with Crippen LogP contribution >= 0.6 is 0 Å². The lowest BCUT2D eigenvalue weighted by Gasteiger charge is -2.12. The van der Waals surface area contributed by atoms with Crippen molar-refractivity contribution in [3.05, 3.63) is 59.7 Å². The van der Waals surface area contributed by atoms with Crippen LogP contribution in [0.5, 0.6) is 11.5 Å². The van der Waals surface area contributed by atoms with Crippen LogP contribution in [0.1, 0.15) is 18.1 Å². The fourth-order valence-corrected chi connectivity index (χ4v) is 2.35. The highest BCUT2D eigenvalue weighted by Crippen LogP contribution is 2.29. The van der Waals surface area contributed by atoms with Gasteiger partial charge in [0, 0.05) is 13.1 Å². The molecular formula is C19H25N3O2. The molecule has 2 aromatic rings. The van der Waals surface area contributed by atoms with E-state index in [0.717, 1.165) is 18.1 Å². The number of phenols is 1. The predicted molar refractivity (Wildman–Crippen MR) is 97.6 cm³/mol. The van der Waals surface area contributed by atoms with E-state index >= 15 is 0 Å². The highest BCUT2D eigenvalue weighted by molar-refractivity contribution is 5.79. The summed E-state index contributed by atoms with van der Waals surface area (Å²) in [7, 11) is 1.55. The Morgan fingerprint density at radius 2 is 1.88 bits per heavy atom. The average Bonchev–Trinajstić information content (AvgIpc) is 2.62. The largest absolute Gasteiger partial charge is 0.504 e. The van der Waals surface area contributed by atoms with E-state index < -0.39 is 0 Å². The lowest BCUT2D eigenvalue weighted by molar-refractivity contribution is 0.370. The molecule has 3 N–H and O–H groups in total. The Balaban J connectivity index is 1.92. The molecule has 0 radical (unpaired) electrons. The number of hydrogen-bond donors (Lipinski definition) is 3. The molecule has 5 heteroatoms. The minimum atomic E-state index is 0.202. The number of methoxy groups -OCH3 is 1. The predicted octanol–water partition coefficient (Wildman–Crippen LogP) is 2.70. The van der Waals surface area contributed by atoms with Gasteiger partial charge in [0.1, 0.15) is 0 Å². The fourth-order valence-electron chi connectivity index (χ4n) is 2.35. The summed E-state index contributed by atoms with van der Waals surface area (Å²) in [5.74, 6) is 1.47. The summed E-state index contributed by atoms with van der Waals surface area (Å²) >= 11 is 0. The van der Waals surface area contributed by atoms with Gasteiger partial charge in [-0.05, 0) is 30.5 Å². The van der Waals surface area contributed by atoms with E-state index in [2.05, 4.69) is 27.8 Å². The maximum atomic E-state index is 10.1. The van der Waals surface area contributed by atoms with Crippen molar-refractivity contribution in [1.29, 1.82) is 0 Å². The number of para-hydroxylation sites is 1. The second-order valence-corrected chi connectivity index (χ2v) is 5.33. The van der Waals surface area contributed by atoms with Crippen LogP contribution in [0.3, 0.4) is 0 Å². The minimum Gasteiger partial charge on any atom is -0.504 e. The summed E-state index contributed by atoms with van der Waals surface area (Å²) in [6.45, 7) is 4.13. The van der Waals surface area contributed by atoms with E-state index in [9.17, 15) is 5.11 Å². The Morgan fingerprint density at radius 1 is 1.08 bits per heavy atom. The van der Waals surface area contributed by atoms with Gasteiger partial charge in [-0.3, -0.25) is 0 Å². The first-order chi connectivity index (χ1) is 11.7. The summed E-state index contributed by atoms with van der Waals surface area (Å²) in [5, 5.41) is 16.6. The van der Waals surface area contributed by atoms with Gasteiger partial charge in [0.15, 0.2) is 17.5 Å². The number of benzene rings is 2. The van der Waals surface area contributed by atoms with Gasteiger partial charge in [-0.2, -0.15) is 0 Å². The fraction of sp³-hybridized carbons (Fsp3) is 0.316. The number of nitrogens with zero attached hydrogens (tertiary/aromatic N) is 1. The standard InChI is InChI=1S/C19H25N3O2/c1-3-20-19(22-14-15-8-5-4-6-9-15)21-13-12-16-10-7-11-17(24-2)18(16)23/h4-11,23H,3,12-14H2,1-2H3,(H2,20,21,22). The third-order valence-corrected chi connectivity index (χ3v) is 3.60. The van der Waals surface area contributed by atoms with Gasteiger partial charge < -0.3 is 20.5 Å². The van der Waals surface area contributed by atoms with E-state index in [-0.39, 0.29) is 5.75 Å². The van der Waals surface area contributed by atoms with Crippen LogP contribution in [-0.2, 0) is 13.0 Å². The van der Waals surface area contributed by atoms with Crippen molar-refractivity contribution in [2.45, 2.75) is 19.9 Å². The number of guanidine groups is 1. The lowest BCUT2D eigenvalue weighted by Crippen LogP contribution is -2.38. The minimum absolute atomic E-state index is 0.202. The molecule has 0 fully saturated rings. The molecule has 128 valence electrons. The van der Waals surface area contributed by atoms with Gasteiger partial charge in [-0.25, -0.2) is 4.99 Å². The van der Waals surface area contributed by atoms with Gasteiger partial charge in [-0.15, -0.1) is 0 Å². The maximum Gasteiger partial charge on any atom is 0.191 e. The molecule has 2 aromatic carbocycles. The zero-order chi connectivity index (χ0) is 17.2. The van der Waals surface area contributed by atoms with Gasteiger partial charge in [0.25, 0.3) is 0 Å². The second-order valence-electron chi connectivity index (χ2n) is 5.33. The first-order valence-corrected chi connectivity index (χ1v) is 8.15. The summed E-state index contributed by atoms with van der Waals surface area (Å²) in [4.78, 5) is 4.58. The third-order valence-electron chi connectivity index (χ3n) is 3.60. The Morgan fingerprint density at radius 3 is 2.58 bits per heavy atom. The van der Waals surface area contributed by atoms with Crippen LogP contribution in [0.15, 0.2) is 53.5 Å². The lowest BCUT2D eigenvalue weighted by atomic mass is 10.1. The quantitative estimate of drug-likeness (QED) is 0.540. The molecule has 0 amide bonds. The highest BCUT2D eigenvalue weighted by Gasteiger charge is 2.07. The summed E-state index contributed by atoms with van der Waals surface area (Å²) < 4.78 is 5.13. The zero-order valence-electron chi connectivity index (χ0n) is 14.2. The molecule has 5 nitrogen and oxygen atoms in total. The molecule has 2 rings (SSSR count). The van der Waals surface area contributed by atoms with Crippen molar-refractivity contribution in [2.24, 2.45) is 4.99 Å². The van der Waals surface area contributed by atoms with E-state index in [1.807, 2.05) is 37.3 Å². The van der Waals surface area contributed by atoms with Crippen LogP contribution in [0.2, 0.25) is 0 Å². The van der Waals surface area contributed by atoms with Crippen LogP contribution < -0.4 is 15.4 Å². The van der Waals surface area contributed by atoms with Crippen molar-refractivity contribution in [3.63, 3.8) is 0 Å². The average molecular weight is 327 g/mol. The number of aliphatic imine (C=N–C) groups is 1. The van der Waals surface area contributed by atoms with E-state index in [4.69, 9.17) is 4.74 Å². The summed E-state index contributed by atoms with van der Waals surface area (Å²) in [5.41, 5.74) is 2.01. The molecule has 0 aromatic heterocycles. The van der Waals surface area contributed by atoms with Crippen molar-refractivity contribution in [2.75, 3.05) is 20.2 Å². The number of aromatic hydroxyl groups is 1. The van der Waals surface area contributed by atoms with E-state index in [1.165, 1.54) is 5.56 Å². The van der Waals surface area contributed by atoms with Crippen molar-refractivity contribution in [3.8, 4) is 11.5 Å². The molecule has 0 spiro atoms. The molecule has 0 bridgehead atoms. The molecule has 0 aliphatic heterocycles. The third kappa shape index (κ3) is 5.19. The smallest absolute Gasteiger partial charge is 0.191 e. The first-order valence-electron chi connectivity index (χ1n) is 8.15. The zero-order valence-corrected chi connectivity index (χ0v) is 14.2. The number of nitrogens with one attached hydrogen (secondary N) is 2. The topological polar surface area (TPSA) is 65.9 Å². The SMILES string of the molecule is CCNC(=NCc1ccccc1)NCCc1cccc(OC)c1O. The maximum absolute atomic E-state index is 10.1. The molecule has 0 saturated heterocycles. The number of phenolic OH excluding ortho intramolecular Hbond substituents is 1. The molecule has 0 saturated carbocycles. The molecule has 24 heavy (non-hydrogen) atoms. The number of rotatable bonds is 7. The van der Waals surface area contributed by atoms with Gasteiger partial charge >= 0.3 is 0 Å². The summed E-state index contributed by atoms with van der Waals surface area (Å²) in [6.07, 6.45) is 0.679. The summed E-state index contributed by atoms with van der Waals surface area (Å²) in [6, 6.07) is 15.7. The molecule has 0 atom stereocenters. The highest BCUT2D eigenvalue weighted by atomic mass is 16.5. The van der Waals surface area contributed by atoms with Crippen LogP contribution in [-0.4, -0.2) is 31.3 Å². The van der Waals surface area contributed by atoms with Crippen LogP contribution in [0, 0.1) is 0 Å². The van der Waals surface area contributed by atoms with Crippen molar-refractivity contribution in [1.82, 2.24) is 10.6 Å². The second kappa shape index (κ2) is 9.45. The Hall–Kier alpha value is -2.69. The number of ether oxygens (including phenoxy) is 1. The van der Waals surface area contributed by atoms with Crippen molar-refractivity contribution >= 4 is 5.96 Å². The Kier molecular flexibility index (Phi) is 6.95. The van der Waals surface area contributed by atoms with Crippen LogP contribution in [0.4, 0.5) is 0 Å². The Bertz CT molecular complexity index is 657. The first kappa shape index (κ1) is 17.7. The molecular weight excluding hydrogens is 302 g/mol. The van der Waals surface area contributed by atoms with E-state index in [1.54, 1.807) is 13.2 Å². The van der Waals surface area contributed by atoms with Gasteiger partial charge in [0.05, 0.1) is 13.7 Å². The molecule has 0 aliphatic carbocycles.